The minimum atomic E-state index is 0.169. The molecule has 2 nitrogen and oxygen atoms in total. The van der Waals surface area contributed by atoms with E-state index in [0.29, 0.717) is 11.8 Å². The summed E-state index contributed by atoms with van der Waals surface area (Å²) in [6.07, 6.45) is 2.82. The van der Waals surface area contributed by atoms with E-state index in [1.54, 1.807) is 6.08 Å². The topological polar surface area (TPSA) is 29.5 Å². The fraction of sp³-hybridized carbons (Fsp3) is 0.600. The number of benzene rings is 1. The second kappa shape index (κ2) is 11.3. The number of allylic oxidation sites excluding steroid dienone is 1. The van der Waals surface area contributed by atoms with Crippen LogP contribution in [-0.4, -0.2) is 18.3 Å². The highest BCUT2D eigenvalue weighted by atomic mass is 16.5. The van der Waals surface area contributed by atoms with Gasteiger partial charge in [-0.2, -0.15) is 0 Å². The molecule has 1 aromatic carbocycles. The molecule has 0 saturated heterocycles. The van der Waals surface area contributed by atoms with Gasteiger partial charge in [0.15, 0.2) is 0 Å². The fourth-order valence-electron chi connectivity index (χ4n) is 1.90. The molecular weight excluding hydrogens is 272 g/mol. The zero-order valence-corrected chi connectivity index (χ0v) is 15.4. The Balaban J connectivity index is 0.000000626. The Hall–Kier alpha value is -1.28. The Morgan fingerprint density at radius 3 is 2.14 bits per heavy atom. The smallest absolute Gasteiger partial charge is 0.122 e. The minimum Gasteiger partial charge on any atom is -0.493 e. The van der Waals surface area contributed by atoms with Crippen molar-refractivity contribution >= 4 is 0 Å². The van der Waals surface area contributed by atoms with Gasteiger partial charge in [0.05, 0.1) is 13.2 Å². The van der Waals surface area contributed by atoms with Crippen molar-refractivity contribution in [3.8, 4) is 5.75 Å². The molecule has 0 radical (unpaired) electrons. The number of hydrogen-bond donors (Lipinski definition) is 1. The van der Waals surface area contributed by atoms with Crippen LogP contribution in [-0.2, 0) is 0 Å². The average Bonchev–Trinajstić information content (AvgIpc) is 2.45. The molecule has 0 aliphatic heterocycles. The molecule has 0 heterocycles. The number of rotatable bonds is 6. The van der Waals surface area contributed by atoms with Gasteiger partial charge in [-0.1, -0.05) is 58.4 Å². The lowest BCUT2D eigenvalue weighted by atomic mass is 9.95. The van der Waals surface area contributed by atoms with E-state index in [2.05, 4.69) is 52.8 Å². The summed E-state index contributed by atoms with van der Waals surface area (Å²) in [5.74, 6) is 2.16. The van der Waals surface area contributed by atoms with Crippen LogP contribution in [0.25, 0.3) is 0 Å². The highest BCUT2D eigenvalue weighted by molar-refractivity contribution is 5.40. The summed E-state index contributed by atoms with van der Waals surface area (Å²) in [6, 6.07) is 6.60. The zero-order valence-electron chi connectivity index (χ0n) is 15.4. The quantitative estimate of drug-likeness (QED) is 0.686. The van der Waals surface area contributed by atoms with E-state index in [-0.39, 0.29) is 6.61 Å². The Labute approximate surface area is 137 Å². The molecule has 0 spiro atoms. The van der Waals surface area contributed by atoms with Gasteiger partial charge >= 0.3 is 0 Å². The molecule has 22 heavy (non-hydrogen) atoms. The van der Waals surface area contributed by atoms with Gasteiger partial charge in [0.1, 0.15) is 5.75 Å². The maximum absolute atomic E-state index is 8.16. The van der Waals surface area contributed by atoms with Crippen LogP contribution in [0.5, 0.6) is 5.75 Å². The van der Waals surface area contributed by atoms with Crippen LogP contribution in [0.3, 0.4) is 0 Å². The van der Waals surface area contributed by atoms with Gasteiger partial charge < -0.3 is 9.84 Å². The standard InChI is InChI=1S/C15H24O.C5H10O/c1-6-9-16-15-8-7-13(11(2)3)10-14(15)12(4)5;1-5(2)3-4-6/h7-8,10-12H,6,9H2,1-5H3;3,6H,4H2,1-2H3. The van der Waals surface area contributed by atoms with Crippen molar-refractivity contribution in [2.24, 2.45) is 0 Å². The SMILES string of the molecule is CC(C)=CCO.CCCOc1ccc(C(C)C)cc1C(C)C. The highest BCUT2D eigenvalue weighted by Gasteiger charge is 2.10. The van der Waals surface area contributed by atoms with Crippen molar-refractivity contribution in [1.29, 1.82) is 0 Å². The van der Waals surface area contributed by atoms with E-state index in [4.69, 9.17) is 9.84 Å². The Bertz CT molecular complexity index is 441. The van der Waals surface area contributed by atoms with Crippen molar-refractivity contribution in [1.82, 2.24) is 0 Å². The highest BCUT2D eigenvalue weighted by Crippen LogP contribution is 2.30. The summed E-state index contributed by atoms with van der Waals surface area (Å²) in [5.41, 5.74) is 3.89. The molecule has 0 amide bonds. The Morgan fingerprint density at radius 2 is 1.77 bits per heavy atom. The summed E-state index contributed by atoms with van der Waals surface area (Å²) < 4.78 is 5.78. The molecule has 0 aliphatic rings. The molecule has 0 saturated carbocycles. The average molecular weight is 306 g/mol. The first-order valence-corrected chi connectivity index (χ1v) is 8.34. The molecule has 1 rings (SSSR count). The second-order valence-corrected chi connectivity index (χ2v) is 6.42. The maximum Gasteiger partial charge on any atom is 0.122 e. The van der Waals surface area contributed by atoms with E-state index in [1.165, 1.54) is 11.1 Å². The van der Waals surface area contributed by atoms with E-state index >= 15 is 0 Å². The Kier molecular flexibility index (Phi) is 10.7. The lowest BCUT2D eigenvalue weighted by Gasteiger charge is -2.16. The first-order chi connectivity index (χ1) is 10.3. The first kappa shape index (κ1) is 20.7. The first-order valence-electron chi connectivity index (χ1n) is 8.34. The van der Waals surface area contributed by atoms with Gasteiger partial charge in [0.2, 0.25) is 0 Å². The molecule has 0 aromatic heterocycles. The largest absolute Gasteiger partial charge is 0.493 e. The molecule has 0 atom stereocenters. The van der Waals surface area contributed by atoms with Gasteiger partial charge in [-0.05, 0) is 49.3 Å². The van der Waals surface area contributed by atoms with Crippen molar-refractivity contribution in [2.45, 2.75) is 66.7 Å². The van der Waals surface area contributed by atoms with E-state index in [9.17, 15) is 0 Å². The van der Waals surface area contributed by atoms with Gasteiger partial charge in [-0.3, -0.25) is 0 Å². The molecule has 1 N–H and O–H groups in total. The third-order valence-electron chi connectivity index (χ3n) is 3.28. The van der Waals surface area contributed by atoms with Crippen molar-refractivity contribution in [3.05, 3.63) is 41.0 Å². The monoisotopic (exact) mass is 306 g/mol. The number of aliphatic hydroxyl groups excluding tert-OH is 1. The number of ether oxygens (including phenoxy) is 1. The molecule has 2 heteroatoms. The van der Waals surface area contributed by atoms with E-state index in [0.717, 1.165) is 24.4 Å². The summed E-state index contributed by atoms with van der Waals surface area (Å²) in [5, 5.41) is 8.16. The lowest BCUT2D eigenvalue weighted by Crippen LogP contribution is -2.01. The molecule has 1 aromatic rings. The maximum atomic E-state index is 8.16. The predicted molar refractivity (Wildman–Crippen MR) is 96.9 cm³/mol. The van der Waals surface area contributed by atoms with Crippen LogP contribution in [0, 0.1) is 0 Å². The van der Waals surface area contributed by atoms with E-state index < -0.39 is 0 Å². The van der Waals surface area contributed by atoms with Crippen LogP contribution in [0.15, 0.2) is 29.8 Å². The van der Waals surface area contributed by atoms with Crippen LogP contribution in [0.1, 0.15) is 77.8 Å². The van der Waals surface area contributed by atoms with Gasteiger partial charge in [-0.15, -0.1) is 0 Å². The summed E-state index contributed by atoms with van der Waals surface area (Å²) in [4.78, 5) is 0. The van der Waals surface area contributed by atoms with Crippen molar-refractivity contribution in [3.63, 3.8) is 0 Å². The molecule has 0 bridgehead atoms. The summed E-state index contributed by atoms with van der Waals surface area (Å²) >= 11 is 0. The van der Waals surface area contributed by atoms with Gasteiger partial charge in [0, 0.05) is 0 Å². The van der Waals surface area contributed by atoms with E-state index in [1.807, 2.05) is 13.8 Å². The number of aliphatic hydroxyl groups is 1. The molecular formula is C20H34O2. The lowest BCUT2D eigenvalue weighted by molar-refractivity contribution is 0.313. The summed E-state index contributed by atoms with van der Waals surface area (Å²) in [7, 11) is 0. The third kappa shape index (κ3) is 8.23. The van der Waals surface area contributed by atoms with Crippen LogP contribution < -0.4 is 4.74 Å². The summed E-state index contributed by atoms with van der Waals surface area (Å²) in [6.45, 7) is 15.9. The fourth-order valence-corrected chi connectivity index (χ4v) is 1.90. The second-order valence-electron chi connectivity index (χ2n) is 6.42. The molecule has 0 aliphatic carbocycles. The van der Waals surface area contributed by atoms with Gasteiger partial charge in [0.25, 0.3) is 0 Å². The number of hydrogen-bond acceptors (Lipinski definition) is 2. The van der Waals surface area contributed by atoms with Crippen molar-refractivity contribution in [2.75, 3.05) is 13.2 Å². The van der Waals surface area contributed by atoms with Crippen LogP contribution in [0.2, 0.25) is 0 Å². The zero-order chi connectivity index (χ0) is 17.1. The minimum absolute atomic E-state index is 0.169. The Morgan fingerprint density at radius 1 is 1.14 bits per heavy atom. The molecule has 0 unspecified atom stereocenters. The molecule has 126 valence electrons. The van der Waals surface area contributed by atoms with Crippen LogP contribution >= 0.6 is 0 Å². The normalized spacial score (nSPS) is 10.3. The molecule has 0 fully saturated rings. The third-order valence-corrected chi connectivity index (χ3v) is 3.28. The van der Waals surface area contributed by atoms with Gasteiger partial charge in [-0.25, -0.2) is 0 Å². The van der Waals surface area contributed by atoms with Crippen LogP contribution in [0.4, 0.5) is 0 Å². The predicted octanol–water partition coefficient (Wildman–Crippen LogP) is 5.67. The van der Waals surface area contributed by atoms with Crippen molar-refractivity contribution < 1.29 is 9.84 Å².